The van der Waals surface area contributed by atoms with E-state index in [9.17, 15) is 0 Å². The van der Waals surface area contributed by atoms with Crippen molar-refractivity contribution in [2.75, 3.05) is 5.75 Å². The van der Waals surface area contributed by atoms with E-state index < -0.39 is 0 Å². The Balaban J connectivity index is 2.72. The molecule has 0 aliphatic heterocycles. The summed E-state index contributed by atoms with van der Waals surface area (Å²) in [4.78, 5) is 1.40. The predicted octanol–water partition coefficient (Wildman–Crippen LogP) is 4.57. The van der Waals surface area contributed by atoms with Crippen molar-refractivity contribution in [1.82, 2.24) is 0 Å². The molecule has 0 N–H and O–H groups in total. The van der Waals surface area contributed by atoms with E-state index in [2.05, 4.69) is 51.1 Å². The third kappa shape index (κ3) is 1.89. The molecule has 15 heavy (non-hydrogen) atoms. The van der Waals surface area contributed by atoms with E-state index in [1.807, 2.05) is 11.8 Å². The maximum Gasteiger partial charge on any atom is 0.0150 e. The van der Waals surface area contributed by atoms with Crippen LogP contribution in [0.5, 0.6) is 0 Å². The van der Waals surface area contributed by atoms with Gasteiger partial charge in [0.1, 0.15) is 0 Å². The SMILES string of the molecule is CCSc1cccc2c(C)c(C)ccc12. The van der Waals surface area contributed by atoms with Crippen molar-refractivity contribution in [2.45, 2.75) is 25.7 Å². The number of benzene rings is 2. The summed E-state index contributed by atoms with van der Waals surface area (Å²) < 4.78 is 0. The molecule has 2 aromatic rings. The van der Waals surface area contributed by atoms with Gasteiger partial charge in [0.15, 0.2) is 0 Å². The fourth-order valence-corrected chi connectivity index (χ4v) is 2.69. The highest BCUT2D eigenvalue weighted by atomic mass is 32.2. The van der Waals surface area contributed by atoms with Crippen LogP contribution < -0.4 is 0 Å². The second kappa shape index (κ2) is 4.28. The van der Waals surface area contributed by atoms with Crippen molar-refractivity contribution in [2.24, 2.45) is 0 Å². The second-order valence-corrected chi connectivity index (χ2v) is 5.10. The van der Waals surface area contributed by atoms with Crippen molar-refractivity contribution < 1.29 is 0 Å². The molecule has 0 unspecified atom stereocenters. The van der Waals surface area contributed by atoms with Crippen LogP contribution in [0.3, 0.4) is 0 Å². The van der Waals surface area contributed by atoms with E-state index in [4.69, 9.17) is 0 Å². The minimum Gasteiger partial charge on any atom is -0.126 e. The fourth-order valence-electron chi connectivity index (χ4n) is 1.87. The Labute approximate surface area is 95.7 Å². The number of hydrogen-bond acceptors (Lipinski definition) is 1. The smallest absolute Gasteiger partial charge is 0.0150 e. The van der Waals surface area contributed by atoms with Gasteiger partial charge in [-0.2, -0.15) is 0 Å². The molecule has 0 bridgehead atoms. The summed E-state index contributed by atoms with van der Waals surface area (Å²) >= 11 is 1.92. The van der Waals surface area contributed by atoms with E-state index in [0.29, 0.717) is 0 Å². The topological polar surface area (TPSA) is 0 Å². The van der Waals surface area contributed by atoms with Crippen LogP contribution in [0.1, 0.15) is 18.1 Å². The standard InChI is InChI=1S/C14H16S/c1-4-15-14-7-5-6-12-11(3)10(2)8-9-13(12)14/h5-9H,4H2,1-3H3. The van der Waals surface area contributed by atoms with Crippen LogP contribution in [-0.2, 0) is 0 Å². The highest BCUT2D eigenvalue weighted by Crippen LogP contribution is 2.30. The molecule has 2 aromatic carbocycles. The van der Waals surface area contributed by atoms with Gasteiger partial charge in [-0.25, -0.2) is 0 Å². The van der Waals surface area contributed by atoms with E-state index in [-0.39, 0.29) is 0 Å². The Hall–Kier alpha value is -0.950. The van der Waals surface area contributed by atoms with Gasteiger partial charge in [-0.3, -0.25) is 0 Å². The van der Waals surface area contributed by atoms with Crippen molar-refractivity contribution in [3.05, 3.63) is 41.5 Å². The number of thioether (sulfide) groups is 1. The first-order chi connectivity index (χ1) is 7.24. The minimum atomic E-state index is 1.13. The maximum atomic E-state index is 2.25. The molecule has 0 nitrogen and oxygen atoms in total. The molecule has 78 valence electrons. The first-order valence-corrected chi connectivity index (χ1v) is 6.34. The van der Waals surface area contributed by atoms with Crippen LogP contribution in [0.4, 0.5) is 0 Å². The molecule has 0 saturated carbocycles. The van der Waals surface area contributed by atoms with Crippen LogP contribution in [0.2, 0.25) is 0 Å². The van der Waals surface area contributed by atoms with Crippen LogP contribution >= 0.6 is 11.8 Å². The van der Waals surface area contributed by atoms with E-state index in [1.54, 1.807) is 0 Å². The lowest BCUT2D eigenvalue weighted by Crippen LogP contribution is -1.85. The first kappa shape index (κ1) is 10.6. The van der Waals surface area contributed by atoms with Crippen LogP contribution in [-0.4, -0.2) is 5.75 Å². The molecule has 0 spiro atoms. The van der Waals surface area contributed by atoms with Gasteiger partial charge in [-0.05, 0) is 47.6 Å². The summed E-state index contributed by atoms with van der Waals surface area (Å²) in [6.07, 6.45) is 0. The molecule has 0 aromatic heterocycles. The van der Waals surface area contributed by atoms with Crippen molar-refractivity contribution in [1.29, 1.82) is 0 Å². The lowest BCUT2D eigenvalue weighted by atomic mass is 10.0. The van der Waals surface area contributed by atoms with Crippen molar-refractivity contribution >= 4 is 22.5 Å². The normalized spacial score (nSPS) is 10.9. The van der Waals surface area contributed by atoms with Gasteiger partial charge in [-0.1, -0.05) is 31.2 Å². The van der Waals surface area contributed by atoms with Gasteiger partial charge in [-0.15, -0.1) is 11.8 Å². The van der Waals surface area contributed by atoms with Gasteiger partial charge in [0.2, 0.25) is 0 Å². The van der Waals surface area contributed by atoms with Crippen LogP contribution in [0, 0.1) is 13.8 Å². The van der Waals surface area contributed by atoms with Gasteiger partial charge in [0, 0.05) is 4.90 Å². The Morgan fingerprint density at radius 3 is 2.53 bits per heavy atom. The fraction of sp³-hybridized carbons (Fsp3) is 0.286. The highest BCUT2D eigenvalue weighted by molar-refractivity contribution is 7.99. The predicted molar refractivity (Wildman–Crippen MR) is 69.8 cm³/mol. The summed E-state index contributed by atoms with van der Waals surface area (Å²) in [5.74, 6) is 1.13. The van der Waals surface area contributed by atoms with E-state index >= 15 is 0 Å². The number of hydrogen-bond donors (Lipinski definition) is 0. The Bertz CT molecular complexity index is 486. The quantitative estimate of drug-likeness (QED) is 0.663. The molecule has 0 aliphatic rings. The number of rotatable bonds is 2. The Morgan fingerprint density at radius 1 is 1.00 bits per heavy atom. The summed E-state index contributed by atoms with van der Waals surface area (Å²) in [6.45, 7) is 6.58. The van der Waals surface area contributed by atoms with Crippen molar-refractivity contribution in [3.8, 4) is 0 Å². The first-order valence-electron chi connectivity index (χ1n) is 5.35. The molecule has 1 heteroatoms. The Morgan fingerprint density at radius 2 is 1.80 bits per heavy atom. The van der Waals surface area contributed by atoms with Gasteiger partial charge in [0.25, 0.3) is 0 Å². The maximum absolute atomic E-state index is 2.25. The van der Waals surface area contributed by atoms with Gasteiger partial charge < -0.3 is 0 Å². The molecule has 0 amide bonds. The lowest BCUT2D eigenvalue weighted by Gasteiger charge is -2.09. The molecule has 0 saturated heterocycles. The average molecular weight is 216 g/mol. The summed E-state index contributed by atoms with van der Waals surface area (Å²) in [5, 5.41) is 2.79. The number of aryl methyl sites for hydroxylation is 2. The summed E-state index contributed by atoms with van der Waals surface area (Å²) in [7, 11) is 0. The highest BCUT2D eigenvalue weighted by Gasteiger charge is 2.03. The molecular weight excluding hydrogens is 200 g/mol. The summed E-state index contributed by atoms with van der Waals surface area (Å²) in [5.41, 5.74) is 2.78. The average Bonchev–Trinajstić information content (AvgIpc) is 2.25. The second-order valence-electron chi connectivity index (χ2n) is 3.79. The molecule has 0 radical (unpaired) electrons. The Kier molecular flexibility index (Phi) is 3.01. The monoisotopic (exact) mass is 216 g/mol. The van der Waals surface area contributed by atoms with Gasteiger partial charge in [0.05, 0.1) is 0 Å². The van der Waals surface area contributed by atoms with E-state index in [1.165, 1.54) is 26.8 Å². The molecular formula is C14H16S. The van der Waals surface area contributed by atoms with Gasteiger partial charge >= 0.3 is 0 Å². The van der Waals surface area contributed by atoms with Crippen LogP contribution in [0.15, 0.2) is 35.2 Å². The molecule has 2 rings (SSSR count). The molecule has 0 fully saturated rings. The third-order valence-corrected chi connectivity index (χ3v) is 3.82. The number of fused-ring (bicyclic) bond motifs is 1. The van der Waals surface area contributed by atoms with E-state index in [0.717, 1.165) is 5.75 Å². The molecule has 0 atom stereocenters. The molecule has 0 aliphatic carbocycles. The zero-order valence-corrected chi connectivity index (χ0v) is 10.3. The lowest BCUT2D eigenvalue weighted by molar-refractivity contribution is 1.36. The zero-order valence-electron chi connectivity index (χ0n) is 9.50. The van der Waals surface area contributed by atoms with Crippen molar-refractivity contribution in [3.63, 3.8) is 0 Å². The van der Waals surface area contributed by atoms with Crippen LogP contribution in [0.25, 0.3) is 10.8 Å². The third-order valence-electron chi connectivity index (χ3n) is 2.86. The summed E-state index contributed by atoms with van der Waals surface area (Å²) in [6, 6.07) is 11.1. The minimum absolute atomic E-state index is 1.13. The largest absolute Gasteiger partial charge is 0.126 e. The molecule has 0 heterocycles. The zero-order chi connectivity index (χ0) is 10.8.